The van der Waals surface area contributed by atoms with Gasteiger partial charge in [-0.2, -0.15) is 0 Å². The number of fused-ring (bicyclic) bond motifs is 1. The van der Waals surface area contributed by atoms with Crippen LogP contribution < -0.4 is 4.90 Å². The van der Waals surface area contributed by atoms with Crippen LogP contribution in [0.4, 0.5) is 5.69 Å². The molecule has 1 aliphatic rings. The highest BCUT2D eigenvalue weighted by atomic mass is 16.5. The summed E-state index contributed by atoms with van der Waals surface area (Å²) in [5.74, 6) is 0.180. The predicted molar refractivity (Wildman–Crippen MR) is 104 cm³/mol. The Morgan fingerprint density at radius 1 is 1.00 bits per heavy atom. The van der Waals surface area contributed by atoms with Gasteiger partial charge in [0.2, 0.25) is 0 Å². The van der Waals surface area contributed by atoms with Crippen molar-refractivity contribution < 1.29 is 9.53 Å². The highest BCUT2D eigenvalue weighted by Crippen LogP contribution is 2.20. The maximum atomic E-state index is 12.6. The Bertz CT molecular complexity index is 894. The van der Waals surface area contributed by atoms with E-state index < -0.39 is 0 Å². The van der Waals surface area contributed by atoms with Crippen molar-refractivity contribution in [2.24, 2.45) is 0 Å². The highest BCUT2D eigenvalue weighted by molar-refractivity contribution is 5.96. The minimum atomic E-state index is 0.180. The van der Waals surface area contributed by atoms with E-state index in [1.807, 2.05) is 54.7 Å². The van der Waals surface area contributed by atoms with Gasteiger partial charge in [0, 0.05) is 42.3 Å². The monoisotopic (exact) mass is 346 g/mol. The van der Waals surface area contributed by atoms with Gasteiger partial charge in [-0.1, -0.05) is 18.2 Å². The van der Waals surface area contributed by atoms with Crippen LogP contribution in [0.2, 0.25) is 0 Å². The molecule has 26 heavy (non-hydrogen) atoms. The fourth-order valence-corrected chi connectivity index (χ4v) is 3.45. The van der Waals surface area contributed by atoms with E-state index in [2.05, 4.69) is 16.0 Å². The molecule has 0 atom stereocenters. The Hall–Kier alpha value is -2.72. The van der Waals surface area contributed by atoms with Crippen LogP contribution in [0.15, 0.2) is 60.8 Å². The number of aryl methyl sites for hydroxylation is 1. The molecule has 1 aromatic heterocycles. The van der Waals surface area contributed by atoms with Crippen LogP contribution in [0, 0.1) is 0 Å². The topological polar surface area (TPSA) is 42.4 Å². The molecule has 0 bridgehead atoms. The molecule has 0 unspecified atom stereocenters. The zero-order valence-corrected chi connectivity index (χ0v) is 14.7. The van der Waals surface area contributed by atoms with Crippen molar-refractivity contribution >= 4 is 22.4 Å². The molecule has 4 rings (SSSR count). The van der Waals surface area contributed by atoms with Crippen molar-refractivity contribution in [1.29, 1.82) is 0 Å². The van der Waals surface area contributed by atoms with Crippen molar-refractivity contribution in [3.05, 3.63) is 71.9 Å². The minimum absolute atomic E-state index is 0.180. The van der Waals surface area contributed by atoms with Gasteiger partial charge in [0.15, 0.2) is 5.78 Å². The molecular formula is C22H22N2O2. The number of pyridine rings is 1. The molecule has 0 N–H and O–H groups in total. The lowest BCUT2D eigenvalue weighted by molar-refractivity contribution is 0.0983. The summed E-state index contributed by atoms with van der Waals surface area (Å²) in [6.07, 6.45) is 3.05. The number of carbonyl (C=O) groups is 1. The first kappa shape index (κ1) is 16.7. The predicted octanol–water partition coefficient (Wildman–Crippen LogP) is 3.89. The van der Waals surface area contributed by atoms with Crippen molar-refractivity contribution in [1.82, 2.24) is 4.98 Å². The molecule has 0 aliphatic carbocycles. The summed E-state index contributed by atoms with van der Waals surface area (Å²) < 4.78 is 5.39. The third kappa shape index (κ3) is 3.60. The molecule has 4 heteroatoms. The van der Waals surface area contributed by atoms with Gasteiger partial charge in [0.05, 0.1) is 18.7 Å². The molecular weight excluding hydrogens is 324 g/mol. The fraction of sp³-hybridized carbons (Fsp3) is 0.273. The van der Waals surface area contributed by atoms with Gasteiger partial charge in [-0.3, -0.25) is 9.78 Å². The minimum Gasteiger partial charge on any atom is -0.378 e. The second kappa shape index (κ2) is 7.67. The summed E-state index contributed by atoms with van der Waals surface area (Å²) in [7, 11) is 0. The van der Waals surface area contributed by atoms with E-state index in [9.17, 15) is 4.79 Å². The lowest BCUT2D eigenvalue weighted by Crippen LogP contribution is -2.36. The van der Waals surface area contributed by atoms with Crippen molar-refractivity contribution in [2.45, 2.75) is 12.8 Å². The summed E-state index contributed by atoms with van der Waals surface area (Å²) >= 11 is 0. The molecule has 0 radical (unpaired) electrons. The SMILES string of the molecule is O=C(CCc1ccnc2ccccc12)c1ccc(N2CCOCC2)cc1. The Morgan fingerprint density at radius 2 is 1.77 bits per heavy atom. The van der Waals surface area contributed by atoms with E-state index >= 15 is 0 Å². The van der Waals surface area contributed by atoms with Gasteiger partial charge in [-0.05, 0) is 48.4 Å². The molecule has 0 spiro atoms. The highest BCUT2D eigenvalue weighted by Gasteiger charge is 2.12. The molecule has 1 saturated heterocycles. The smallest absolute Gasteiger partial charge is 0.163 e. The number of carbonyl (C=O) groups excluding carboxylic acids is 1. The van der Waals surface area contributed by atoms with Gasteiger partial charge in [-0.15, -0.1) is 0 Å². The van der Waals surface area contributed by atoms with Crippen LogP contribution in [-0.4, -0.2) is 37.1 Å². The molecule has 0 saturated carbocycles. The maximum Gasteiger partial charge on any atom is 0.163 e. The Balaban J connectivity index is 1.43. The molecule has 1 aliphatic heterocycles. The van der Waals surface area contributed by atoms with Crippen molar-refractivity contribution in [3.8, 4) is 0 Å². The number of Topliss-reactive ketones (excluding diaryl/α,β-unsaturated/α-hetero) is 1. The fourth-order valence-electron chi connectivity index (χ4n) is 3.45. The summed E-state index contributed by atoms with van der Waals surface area (Å²) in [5, 5.41) is 1.13. The van der Waals surface area contributed by atoms with E-state index in [1.165, 1.54) is 5.56 Å². The third-order valence-electron chi connectivity index (χ3n) is 4.93. The summed E-state index contributed by atoms with van der Waals surface area (Å²) in [4.78, 5) is 19.3. The third-order valence-corrected chi connectivity index (χ3v) is 4.93. The molecule has 1 fully saturated rings. The standard InChI is InChI=1S/C22H22N2O2/c25-22(10-7-17-11-12-23-21-4-2-1-3-20(17)21)18-5-8-19(9-6-18)24-13-15-26-16-14-24/h1-6,8-9,11-12H,7,10,13-16H2. The second-order valence-corrected chi connectivity index (χ2v) is 6.56. The molecule has 0 amide bonds. The number of ether oxygens (including phenoxy) is 1. The number of para-hydroxylation sites is 1. The van der Waals surface area contributed by atoms with Crippen LogP contribution in [0.25, 0.3) is 10.9 Å². The number of rotatable bonds is 5. The normalized spacial score (nSPS) is 14.5. The van der Waals surface area contributed by atoms with Crippen LogP contribution >= 0.6 is 0 Å². The first-order chi connectivity index (χ1) is 12.8. The lowest BCUT2D eigenvalue weighted by atomic mass is 10.00. The number of anilines is 1. The van der Waals surface area contributed by atoms with E-state index in [1.54, 1.807) is 0 Å². The summed E-state index contributed by atoms with van der Waals surface area (Å²) in [5.41, 5.74) is 4.09. The molecule has 132 valence electrons. The Morgan fingerprint density at radius 3 is 2.58 bits per heavy atom. The van der Waals surface area contributed by atoms with Crippen molar-refractivity contribution in [3.63, 3.8) is 0 Å². The number of hydrogen-bond donors (Lipinski definition) is 0. The van der Waals surface area contributed by atoms with Gasteiger partial charge in [-0.25, -0.2) is 0 Å². The number of benzene rings is 2. The maximum absolute atomic E-state index is 12.6. The number of aromatic nitrogens is 1. The Kier molecular flexibility index (Phi) is 4.93. The zero-order chi connectivity index (χ0) is 17.8. The largest absolute Gasteiger partial charge is 0.378 e. The van der Waals surface area contributed by atoms with Gasteiger partial charge < -0.3 is 9.64 Å². The number of hydrogen-bond acceptors (Lipinski definition) is 4. The van der Waals surface area contributed by atoms with Gasteiger partial charge in [0.1, 0.15) is 0 Å². The van der Waals surface area contributed by atoms with E-state index in [4.69, 9.17) is 4.74 Å². The Labute approximate surface area is 153 Å². The van der Waals surface area contributed by atoms with Crippen LogP contribution in [0.3, 0.4) is 0 Å². The summed E-state index contributed by atoms with van der Waals surface area (Å²) in [6.45, 7) is 3.34. The van der Waals surface area contributed by atoms with Crippen LogP contribution in [0.1, 0.15) is 22.3 Å². The first-order valence-corrected chi connectivity index (χ1v) is 9.10. The first-order valence-electron chi connectivity index (χ1n) is 9.10. The molecule has 4 nitrogen and oxygen atoms in total. The second-order valence-electron chi connectivity index (χ2n) is 6.56. The average Bonchev–Trinajstić information content (AvgIpc) is 2.73. The number of morpholine rings is 1. The average molecular weight is 346 g/mol. The van der Waals surface area contributed by atoms with E-state index in [0.717, 1.165) is 54.9 Å². The number of nitrogens with zero attached hydrogens (tertiary/aromatic N) is 2. The van der Waals surface area contributed by atoms with E-state index in [0.29, 0.717) is 6.42 Å². The van der Waals surface area contributed by atoms with Gasteiger partial charge in [0.25, 0.3) is 0 Å². The van der Waals surface area contributed by atoms with Crippen LogP contribution in [-0.2, 0) is 11.2 Å². The number of ketones is 1. The molecule has 2 heterocycles. The zero-order valence-electron chi connectivity index (χ0n) is 14.7. The molecule has 2 aromatic carbocycles. The van der Waals surface area contributed by atoms with E-state index in [-0.39, 0.29) is 5.78 Å². The lowest BCUT2D eigenvalue weighted by Gasteiger charge is -2.28. The quantitative estimate of drug-likeness (QED) is 0.658. The molecule has 3 aromatic rings. The van der Waals surface area contributed by atoms with Crippen molar-refractivity contribution in [2.75, 3.05) is 31.2 Å². The summed E-state index contributed by atoms with van der Waals surface area (Å²) in [6, 6.07) is 18.1. The van der Waals surface area contributed by atoms with Crippen LogP contribution in [0.5, 0.6) is 0 Å². The van der Waals surface area contributed by atoms with Gasteiger partial charge >= 0.3 is 0 Å².